The molecule has 0 aliphatic rings. The molecule has 21 nitrogen and oxygen atoms in total. The standard InChI is InChI=1S/C20H18F3N5O3.C13H13F3N4O.C8H9NO3.C7H7NO3.C6H12.ClH/c1-31-16-8-7-13(11-26-16)18(29)24-9-10-25-19(30)15-12-28(14-5-3-2-4-6-14)27-17(15)20(21,22)23;14-13(15,16)11-10(12(21)18-7-6-17)8-20(19-11)9-4-2-1-3-5-9;1-11-7-4-3-6(5-9-7)8(10)12-2;1-11-6-3-2-5(4-8-6)7(9)10;1-4-6(3)5-2;/h2-8,11-12H,9-10H2,1H3,(H,24,29)(H,25,30);1-5,8H,6-7,17H2,(H,18,21);3-5H,1-2H3;2-4H,1H3,(H,9,10);3-5H2,1-2H3;1H. The highest BCUT2D eigenvalue weighted by molar-refractivity contribution is 5.96. The van der Waals surface area contributed by atoms with Crippen LogP contribution in [0.15, 0.2) is 140 Å². The summed E-state index contributed by atoms with van der Waals surface area (Å²) in [7, 11) is 5.76. The predicted molar refractivity (Wildman–Crippen MR) is 291 cm³/mol. The number of nitrogens with zero attached hydrogens (tertiary/aromatic N) is 7. The molecule has 5 aromatic heterocycles. The molecule has 0 aliphatic carbocycles. The lowest BCUT2D eigenvalue weighted by molar-refractivity contribution is -0.142. The molecule has 2 aromatic carbocycles. The molecule has 0 fully saturated rings. The van der Waals surface area contributed by atoms with Crippen LogP contribution < -0.4 is 35.9 Å². The van der Waals surface area contributed by atoms with Gasteiger partial charge in [0.1, 0.15) is 0 Å². The van der Waals surface area contributed by atoms with Gasteiger partial charge < -0.3 is 45.7 Å². The van der Waals surface area contributed by atoms with Gasteiger partial charge in [-0.25, -0.2) is 33.9 Å². The SMILES string of the molecule is C=C(CC)CC.COC(=O)c1ccc(OC)nc1.COc1ccc(C(=O)NCCNC(=O)c2cn(-c3ccccc3)nc2C(F)(F)F)cn1.COc1ccc(C(=O)O)cn1.Cl.NCCNC(=O)c1cn(-c2ccccc2)nc1C(F)(F)F. The number of halogens is 7. The summed E-state index contributed by atoms with van der Waals surface area (Å²) in [6.45, 7) is 8.21. The Labute approximate surface area is 473 Å². The second kappa shape index (κ2) is 34.6. The minimum absolute atomic E-state index is 0. The Bertz CT molecular complexity index is 3090. The number of para-hydroxylation sites is 2. The number of methoxy groups -OCH3 is 4. The van der Waals surface area contributed by atoms with E-state index in [4.69, 9.17) is 25.1 Å². The Morgan fingerprint density at radius 2 is 0.927 bits per heavy atom. The molecule has 0 spiro atoms. The Morgan fingerprint density at radius 3 is 1.23 bits per heavy atom. The molecule has 3 amide bonds. The van der Waals surface area contributed by atoms with Crippen molar-refractivity contribution in [1.29, 1.82) is 0 Å². The molecule has 0 saturated carbocycles. The summed E-state index contributed by atoms with van der Waals surface area (Å²) in [5.74, 6) is -2.40. The van der Waals surface area contributed by atoms with Crippen molar-refractivity contribution >= 4 is 42.1 Å². The summed E-state index contributed by atoms with van der Waals surface area (Å²) < 4.78 is 100.0. The number of carbonyl (C=O) groups is 5. The highest BCUT2D eigenvalue weighted by Crippen LogP contribution is 2.32. The third kappa shape index (κ3) is 22.4. The highest BCUT2D eigenvalue weighted by Gasteiger charge is 2.40. The molecule has 0 radical (unpaired) electrons. The maximum atomic E-state index is 13.3. The number of carboxylic acids is 1. The smallest absolute Gasteiger partial charge is 0.435 e. The number of aromatic nitrogens is 7. The number of benzene rings is 2. The lowest BCUT2D eigenvalue weighted by atomic mass is 10.2. The van der Waals surface area contributed by atoms with Gasteiger partial charge in [0.15, 0.2) is 11.4 Å². The van der Waals surface area contributed by atoms with Gasteiger partial charge in [-0.1, -0.05) is 62.4 Å². The van der Waals surface area contributed by atoms with Gasteiger partial charge in [-0.05, 0) is 55.3 Å². The molecule has 82 heavy (non-hydrogen) atoms. The zero-order valence-corrected chi connectivity index (χ0v) is 45.9. The van der Waals surface area contributed by atoms with Gasteiger partial charge in [-0.3, -0.25) is 14.4 Å². The van der Waals surface area contributed by atoms with Gasteiger partial charge in [0, 0.05) is 75.4 Å². The molecule has 0 bridgehead atoms. The second-order valence-electron chi connectivity index (χ2n) is 15.9. The van der Waals surface area contributed by atoms with Gasteiger partial charge >= 0.3 is 24.3 Å². The number of aromatic carboxylic acids is 1. The van der Waals surface area contributed by atoms with Crippen molar-refractivity contribution in [2.75, 3.05) is 54.6 Å². The molecule has 0 atom stereocenters. The summed E-state index contributed by atoms with van der Waals surface area (Å²) in [6.07, 6.45) is -1.18. The number of pyridine rings is 3. The van der Waals surface area contributed by atoms with E-state index < -0.39 is 64.5 Å². The summed E-state index contributed by atoms with van der Waals surface area (Å²) in [6, 6.07) is 25.5. The molecule has 7 rings (SSSR count). The molecular formula is C54H60ClF6N11O10. The third-order valence-electron chi connectivity index (χ3n) is 10.4. The number of nitrogens with one attached hydrogen (secondary N) is 3. The minimum atomic E-state index is -4.80. The predicted octanol–water partition coefficient (Wildman–Crippen LogP) is 8.48. The van der Waals surface area contributed by atoms with Crippen LogP contribution in [0.3, 0.4) is 0 Å². The highest BCUT2D eigenvalue weighted by atomic mass is 35.5. The Balaban J connectivity index is 0.000000387. The number of nitrogens with two attached hydrogens (primary N) is 1. The lowest BCUT2D eigenvalue weighted by Crippen LogP contribution is -2.35. The van der Waals surface area contributed by atoms with Crippen molar-refractivity contribution < 1.29 is 74.4 Å². The number of ether oxygens (including phenoxy) is 4. The Hall–Kier alpha value is -9.37. The van der Waals surface area contributed by atoms with Crippen LogP contribution in [0.2, 0.25) is 0 Å². The third-order valence-corrected chi connectivity index (χ3v) is 10.4. The van der Waals surface area contributed by atoms with E-state index in [1.807, 2.05) is 0 Å². The average Bonchev–Trinajstić information content (AvgIpc) is 4.35. The molecule has 28 heteroatoms. The number of esters is 1. The topological polar surface area (TPSA) is 279 Å². The van der Waals surface area contributed by atoms with E-state index in [-0.39, 0.29) is 49.7 Å². The number of hydrogen-bond acceptors (Lipinski definition) is 15. The lowest BCUT2D eigenvalue weighted by Gasteiger charge is -2.08. The van der Waals surface area contributed by atoms with Crippen LogP contribution in [0.25, 0.3) is 11.4 Å². The molecular weight excluding hydrogens is 1110 g/mol. The molecule has 6 N–H and O–H groups in total. The van der Waals surface area contributed by atoms with Crippen LogP contribution in [0.5, 0.6) is 17.6 Å². The van der Waals surface area contributed by atoms with Gasteiger partial charge in [0.05, 0.1) is 67.6 Å². The van der Waals surface area contributed by atoms with Crippen molar-refractivity contribution in [3.05, 3.63) is 179 Å². The average molecular weight is 1170 g/mol. The van der Waals surface area contributed by atoms with E-state index in [9.17, 15) is 50.3 Å². The van der Waals surface area contributed by atoms with Crippen molar-refractivity contribution in [3.63, 3.8) is 0 Å². The van der Waals surface area contributed by atoms with E-state index in [0.29, 0.717) is 34.6 Å². The van der Waals surface area contributed by atoms with E-state index in [1.165, 1.54) is 76.9 Å². The van der Waals surface area contributed by atoms with Gasteiger partial charge in [0.25, 0.3) is 17.7 Å². The first-order valence-corrected chi connectivity index (χ1v) is 24.0. The van der Waals surface area contributed by atoms with Crippen LogP contribution in [-0.2, 0) is 17.1 Å². The largest absolute Gasteiger partial charge is 0.481 e. The zero-order chi connectivity index (χ0) is 60.1. The van der Waals surface area contributed by atoms with E-state index in [2.05, 4.69) is 66.3 Å². The number of allylic oxidation sites excluding steroid dienone is 1. The maximum Gasteiger partial charge on any atom is 0.435 e. The number of carboxylic acid groups (broad SMARTS) is 1. The summed E-state index contributed by atoms with van der Waals surface area (Å²) in [5, 5.41) is 22.7. The van der Waals surface area contributed by atoms with Crippen molar-refractivity contribution in [2.45, 2.75) is 39.0 Å². The molecule has 0 saturated heterocycles. The Kier molecular flexibility index (Phi) is 29.0. The molecule has 0 unspecified atom stereocenters. The first kappa shape index (κ1) is 68.7. The first-order valence-electron chi connectivity index (χ1n) is 24.0. The van der Waals surface area contributed by atoms with Crippen molar-refractivity contribution in [2.24, 2.45) is 5.73 Å². The zero-order valence-electron chi connectivity index (χ0n) is 45.1. The molecule has 7 aromatic rings. The second-order valence-corrected chi connectivity index (χ2v) is 15.9. The quantitative estimate of drug-likeness (QED) is 0.0247. The fourth-order valence-corrected chi connectivity index (χ4v) is 6.01. The Morgan fingerprint density at radius 1 is 0.561 bits per heavy atom. The van der Waals surface area contributed by atoms with Gasteiger partial charge in [0.2, 0.25) is 17.6 Å². The van der Waals surface area contributed by atoms with Gasteiger partial charge in [-0.15, -0.1) is 12.4 Å². The van der Waals surface area contributed by atoms with E-state index in [0.717, 1.165) is 34.6 Å². The number of rotatable bonds is 17. The van der Waals surface area contributed by atoms with E-state index >= 15 is 0 Å². The molecule has 0 aliphatic heterocycles. The monoisotopic (exact) mass is 1170 g/mol. The summed E-state index contributed by atoms with van der Waals surface area (Å²) in [5.41, 5.74) is 4.57. The summed E-state index contributed by atoms with van der Waals surface area (Å²) >= 11 is 0. The number of alkyl halides is 6. The van der Waals surface area contributed by atoms with Crippen LogP contribution in [0.1, 0.15) is 89.9 Å². The fourth-order valence-electron chi connectivity index (χ4n) is 6.01. The molecule has 5 heterocycles. The summed E-state index contributed by atoms with van der Waals surface area (Å²) in [4.78, 5) is 68.9. The normalized spacial score (nSPS) is 10.3. The van der Waals surface area contributed by atoms with E-state index in [1.54, 1.807) is 72.8 Å². The van der Waals surface area contributed by atoms with Gasteiger partial charge in [-0.2, -0.15) is 36.5 Å². The van der Waals surface area contributed by atoms with Crippen LogP contribution >= 0.6 is 12.4 Å². The molecule has 440 valence electrons. The number of hydrogen-bond donors (Lipinski definition) is 5. The van der Waals surface area contributed by atoms with Crippen molar-refractivity contribution in [1.82, 2.24) is 50.5 Å². The maximum absolute atomic E-state index is 13.3. The number of amides is 3. The first-order chi connectivity index (χ1) is 38.5. The van der Waals surface area contributed by atoms with Crippen LogP contribution in [0.4, 0.5) is 26.3 Å². The van der Waals surface area contributed by atoms with Crippen LogP contribution in [-0.4, -0.2) is 124 Å². The number of carbonyl (C=O) groups excluding carboxylic acids is 4. The fraction of sp³-hybridized carbons (Fsp3) is 0.259. The minimum Gasteiger partial charge on any atom is -0.481 e. The van der Waals surface area contributed by atoms with Crippen molar-refractivity contribution in [3.8, 4) is 29.0 Å². The van der Waals surface area contributed by atoms with Crippen LogP contribution in [0, 0.1) is 0 Å².